The van der Waals surface area contributed by atoms with E-state index in [1.54, 1.807) is 7.11 Å². The van der Waals surface area contributed by atoms with Gasteiger partial charge in [-0.25, -0.2) is 9.48 Å². The smallest absolute Gasteiger partial charge is 0.358 e. The van der Waals surface area contributed by atoms with E-state index in [1.165, 1.54) is 10.9 Å². The van der Waals surface area contributed by atoms with Gasteiger partial charge in [0, 0.05) is 18.6 Å². The lowest BCUT2D eigenvalue weighted by Gasteiger charge is -2.55. The van der Waals surface area contributed by atoms with Gasteiger partial charge in [-0.05, 0) is 19.3 Å². The number of hydrogen-bond acceptors (Lipinski definition) is 5. The second-order valence-corrected chi connectivity index (χ2v) is 5.63. The molecule has 0 spiro atoms. The van der Waals surface area contributed by atoms with E-state index in [1.807, 2.05) is 0 Å². The average Bonchev–Trinajstić information content (AvgIpc) is 2.93. The minimum atomic E-state index is -1.16. The van der Waals surface area contributed by atoms with E-state index in [0.29, 0.717) is 0 Å². The van der Waals surface area contributed by atoms with Crippen molar-refractivity contribution in [3.05, 3.63) is 11.9 Å². The molecule has 1 heterocycles. The lowest BCUT2D eigenvalue weighted by Crippen LogP contribution is -2.64. The number of methoxy groups -OCH3 is 1. The summed E-state index contributed by atoms with van der Waals surface area (Å²) in [5.41, 5.74) is -0.203. The first-order valence-electron chi connectivity index (χ1n) is 7.42. The molecule has 0 radical (unpaired) electrons. The van der Waals surface area contributed by atoms with Crippen molar-refractivity contribution in [1.29, 1.82) is 0 Å². The summed E-state index contributed by atoms with van der Waals surface area (Å²) in [7, 11) is 1.70. The normalized spacial score (nSPS) is 22.9. The van der Waals surface area contributed by atoms with E-state index in [9.17, 15) is 9.59 Å². The van der Waals surface area contributed by atoms with Gasteiger partial charge in [0.1, 0.15) is 6.54 Å². The first kappa shape index (κ1) is 16.4. The van der Waals surface area contributed by atoms with Crippen molar-refractivity contribution in [2.45, 2.75) is 51.8 Å². The zero-order valence-electron chi connectivity index (χ0n) is 13.1. The van der Waals surface area contributed by atoms with Crippen molar-refractivity contribution in [1.82, 2.24) is 20.3 Å². The lowest BCUT2D eigenvalue weighted by atomic mass is 9.58. The summed E-state index contributed by atoms with van der Waals surface area (Å²) in [5.74, 6) is -1.36. The summed E-state index contributed by atoms with van der Waals surface area (Å²) in [6.07, 6.45) is 4.06. The first-order valence-corrected chi connectivity index (χ1v) is 7.42. The van der Waals surface area contributed by atoms with Gasteiger partial charge in [-0.1, -0.05) is 19.1 Å². The Kier molecular flexibility index (Phi) is 4.80. The van der Waals surface area contributed by atoms with Crippen LogP contribution >= 0.6 is 0 Å². The number of aromatic nitrogens is 3. The van der Waals surface area contributed by atoms with Gasteiger partial charge in [-0.15, -0.1) is 5.10 Å². The molecule has 0 aliphatic heterocycles. The molecule has 0 bridgehead atoms. The number of hydrogen-bond donors (Lipinski definition) is 2. The maximum absolute atomic E-state index is 12.1. The van der Waals surface area contributed by atoms with Crippen molar-refractivity contribution in [2.24, 2.45) is 5.41 Å². The summed E-state index contributed by atoms with van der Waals surface area (Å²) in [6, 6.07) is 0.0717. The van der Waals surface area contributed by atoms with Gasteiger partial charge in [0.2, 0.25) is 5.91 Å². The molecule has 2 N–H and O–H groups in total. The highest BCUT2D eigenvalue weighted by Gasteiger charge is 2.53. The number of nitrogens with one attached hydrogen (secondary N) is 1. The van der Waals surface area contributed by atoms with Crippen LogP contribution in [0.1, 0.15) is 43.6 Å². The van der Waals surface area contributed by atoms with E-state index in [4.69, 9.17) is 9.84 Å². The van der Waals surface area contributed by atoms with Crippen LogP contribution in [0.25, 0.3) is 0 Å². The largest absolute Gasteiger partial charge is 0.476 e. The Bertz CT molecular complexity index is 553. The predicted octanol–water partition coefficient (Wildman–Crippen LogP) is 0.686. The van der Waals surface area contributed by atoms with Crippen LogP contribution in [0.2, 0.25) is 0 Å². The highest BCUT2D eigenvalue weighted by Crippen LogP contribution is 2.48. The number of carboxylic acids is 1. The summed E-state index contributed by atoms with van der Waals surface area (Å²) >= 11 is 0. The Morgan fingerprint density at radius 3 is 2.68 bits per heavy atom. The van der Waals surface area contributed by atoms with Gasteiger partial charge >= 0.3 is 5.97 Å². The number of aromatic carboxylic acids is 1. The standard InChI is InChI=1S/C14H22N4O4/c1-4-14(5-2)10(6-11(14)22-3)15-12(19)8-18-7-9(13(20)21)16-17-18/h7,10-11H,4-6,8H2,1-3H3,(H,15,19)(H,20,21). The number of amides is 1. The Morgan fingerprint density at radius 1 is 1.50 bits per heavy atom. The Hall–Kier alpha value is -1.96. The van der Waals surface area contributed by atoms with Gasteiger partial charge in [0.25, 0.3) is 0 Å². The second kappa shape index (κ2) is 6.43. The molecule has 8 heteroatoms. The summed E-state index contributed by atoms with van der Waals surface area (Å²) in [5, 5.41) is 18.9. The Morgan fingerprint density at radius 2 is 2.18 bits per heavy atom. The molecule has 0 aromatic carbocycles. The fraction of sp³-hybridized carbons (Fsp3) is 0.714. The van der Waals surface area contributed by atoms with E-state index in [2.05, 4.69) is 29.5 Å². The number of rotatable bonds is 7. The molecule has 22 heavy (non-hydrogen) atoms. The van der Waals surface area contributed by atoms with Crippen LogP contribution in [0.15, 0.2) is 6.20 Å². The number of carbonyl (C=O) groups excluding carboxylic acids is 1. The molecule has 1 saturated carbocycles. The van der Waals surface area contributed by atoms with Crippen LogP contribution in [-0.4, -0.2) is 51.2 Å². The molecule has 1 aromatic rings. The van der Waals surface area contributed by atoms with Gasteiger partial charge in [-0.3, -0.25) is 4.79 Å². The number of ether oxygens (including phenoxy) is 1. The number of carbonyl (C=O) groups is 2. The SMILES string of the molecule is CCC1(CC)C(NC(=O)Cn2cc(C(=O)O)nn2)CC1OC. The first-order chi connectivity index (χ1) is 10.5. The quantitative estimate of drug-likeness (QED) is 0.767. The number of carboxylic acid groups (broad SMARTS) is 1. The van der Waals surface area contributed by atoms with Crippen molar-refractivity contribution >= 4 is 11.9 Å². The predicted molar refractivity (Wildman–Crippen MR) is 77.3 cm³/mol. The fourth-order valence-corrected chi connectivity index (χ4v) is 3.34. The van der Waals surface area contributed by atoms with Crippen molar-refractivity contribution in [3.8, 4) is 0 Å². The van der Waals surface area contributed by atoms with E-state index in [0.717, 1.165) is 19.3 Å². The molecule has 1 aromatic heterocycles. The molecule has 2 rings (SSSR count). The molecular formula is C14H22N4O4. The molecule has 8 nitrogen and oxygen atoms in total. The molecule has 1 aliphatic rings. The third-order valence-electron chi connectivity index (χ3n) is 4.78. The molecule has 1 amide bonds. The minimum Gasteiger partial charge on any atom is -0.476 e. The van der Waals surface area contributed by atoms with Gasteiger partial charge in [-0.2, -0.15) is 0 Å². The van der Waals surface area contributed by atoms with E-state index >= 15 is 0 Å². The molecule has 122 valence electrons. The molecule has 1 aliphatic carbocycles. The number of nitrogens with zero attached hydrogens (tertiary/aromatic N) is 3. The van der Waals surface area contributed by atoms with E-state index < -0.39 is 5.97 Å². The molecule has 2 atom stereocenters. The minimum absolute atomic E-state index is 0.0288. The third kappa shape index (κ3) is 2.83. The summed E-state index contributed by atoms with van der Waals surface area (Å²) < 4.78 is 6.73. The summed E-state index contributed by atoms with van der Waals surface area (Å²) in [6.45, 7) is 4.16. The van der Waals surface area contributed by atoms with Crippen LogP contribution in [0.5, 0.6) is 0 Å². The van der Waals surface area contributed by atoms with Crippen LogP contribution in [0.3, 0.4) is 0 Å². The van der Waals surface area contributed by atoms with E-state index in [-0.39, 0.29) is 35.7 Å². The van der Waals surface area contributed by atoms with Crippen molar-refractivity contribution < 1.29 is 19.4 Å². The lowest BCUT2D eigenvalue weighted by molar-refractivity contribution is -0.141. The summed E-state index contributed by atoms with van der Waals surface area (Å²) in [4.78, 5) is 22.9. The van der Waals surface area contributed by atoms with Gasteiger partial charge in [0.15, 0.2) is 5.69 Å². The second-order valence-electron chi connectivity index (χ2n) is 5.63. The van der Waals surface area contributed by atoms with Gasteiger partial charge in [0.05, 0.1) is 12.3 Å². The third-order valence-corrected chi connectivity index (χ3v) is 4.78. The van der Waals surface area contributed by atoms with Crippen molar-refractivity contribution in [3.63, 3.8) is 0 Å². The highest BCUT2D eigenvalue weighted by atomic mass is 16.5. The molecule has 0 saturated heterocycles. The maximum atomic E-state index is 12.1. The maximum Gasteiger partial charge on any atom is 0.358 e. The van der Waals surface area contributed by atoms with Crippen molar-refractivity contribution in [2.75, 3.05) is 7.11 Å². The zero-order chi connectivity index (χ0) is 16.3. The Labute approximate surface area is 128 Å². The van der Waals surface area contributed by atoms with Crippen LogP contribution < -0.4 is 5.32 Å². The van der Waals surface area contributed by atoms with Crippen LogP contribution in [0.4, 0.5) is 0 Å². The Balaban J connectivity index is 1.95. The van der Waals surface area contributed by atoms with Gasteiger partial charge < -0.3 is 15.2 Å². The topological polar surface area (TPSA) is 106 Å². The highest BCUT2D eigenvalue weighted by molar-refractivity contribution is 5.84. The average molecular weight is 310 g/mol. The van der Waals surface area contributed by atoms with Crippen LogP contribution in [-0.2, 0) is 16.1 Å². The monoisotopic (exact) mass is 310 g/mol. The molecular weight excluding hydrogens is 288 g/mol. The molecule has 1 fully saturated rings. The zero-order valence-corrected chi connectivity index (χ0v) is 13.1. The molecule has 2 unspecified atom stereocenters. The fourth-order valence-electron chi connectivity index (χ4n) is 3.34. The van der Waals surface area contributed by atoms with Crippen LogP contribution in [0, 0.1) is 5.41 Å².